The second-order valence-corrected chi connectivity index (χ2v) is 12.0. The summed E-state index contributed by atoms with van der Waals surface area (Å²) in [6, 6.07) is 8.31. The van der Waals surface area contributed by atoms with Crippen molar-refractivity contribution in [3.63, 3.8) is 0 Å². The van der Waals surface area contributed by atoms with Crippen LogP contribution < -0.4 is 4.90 Å². The Balaban J connectivity index is 1.05. The fourth-order valence-corrected chi connectivity index (χ4v) is 7.26. The molecular formula is C29H25F4N3O3S. The molecule has 3 fully saturated rings. The van der Waals surface area contributed by atoms with E-state index in [-0.39, 0.29) is 35.4 Å². The molecule has 0 spiro atoms. The lowest BCUT2D eigenvalue weighted by Crippen LogP contribution is -2.23. The lowest BCUT2D eigenvalue weighted by atomic mass is 9.99. The maximum absolute atomic E-state index is 14.4. The first-order valence-corrected chi connectivity index (χ1v) is 14.2. The van der Waals surface area contributed by atoms with Gasteiger partial charge < -0.3 is 14.2 Å². The van der Waals surface area contributed by atoms with Gasteiger partial charge >= 0.3 is 6.18 Å². The number of aromatic nitrogens is 2. The Morgan fingerprint density at radius 3 is 2.58 bits per heavy atom. The van der Waals surface area contributed by atoms with E-state index < -0.39 is 17.6 Å². The van der Waals surface area contributed by atoms with Gasteiger partial charge in [0.15, 0.2) is 10.9 Å². The third-order valence-corrected chi connectivity index (χ3v) is 9.35. The van der Waals surface area contributed by atoms with Crippen LogP contribution in [0, 0.1) is 17.7 Å². The van der Waals surface area contributed by atoms with Crippen molar-refractivity contribution in [2.45, 2.75) is 50.5 Å². The molecule has 11 heteroatoms. The number of benzene rings is 2. The van der Waals surface area contributed by atoms with Crippen molar-refractivity contribution in [1.82, 2.24) is 10.1 Å². The Morgan fingerprint density at radius 2 is 1.88 bits per heavy atom. The summed E-state index contributed by atoms with van der Waals surface area (Å²) in [6.45, 7) is 1.70. The highest BCUT2D eigenvalue weighted by molar-refractivity contribution is 7.22. The molecule has 3 aliphatic rings. The second-order valence-electron chi connectivity index (χ2n) is 11.0. The van der Waals surface area contributed by atoms with Crippen molar-refractivity contribution in [1.29, 1.82) is 0 Å². The Bertz CT molecular complexity index is 1580. The first-order chi connectivity index (χ1) is 19.3. The number of thiazole rings is 1. The topological polar surface area (TPSA) is 68.5 Å². The Labute approximate surface area is 230 Å². The van der Waals surface area contributed by atoms with Crippen molar-refractivity contribution in [2.75, 3.05) is 18.0 Å². The quantitative estimate of drug-likeness (QED) is 0.172. The molecule has 4 aromatic rings. The maximum atomic E-state index is 14.4. The van der Waals surface area contributed by atoms with Crippen molar-refractivity contribution >= 4 is 33.0 Å². The van der Waals surface area contributed by atoms with E-state index in [0.29, 0.717) is 39.7 Å². The van der Waals surface area contributed by atoms with E-state index in [2.05, 4.69) is 15.0 Å². The highest BCUT2D eigenvalue weighted by atomic mass is 32.1. The molecule has 3 atom stereocenters. The largest absolute Gasteiger partial charge is 0.417 e. The molecule has 2 aliphatic carbocycles. The number of carbonyl (C=O) groups excluding carboxylic acids is 1. The van der Waals surface area contributed by atoms with E-state index in [4.69, 9.17) is 9.26 Å². The van der Waals surface area contributed by atoms with Crippen LogP contribution in [-0.2, 0) is 17.5 Å². The van der Waals surface area contributed by atoms with Crippen LogP contribution in [-0.4, -0.2) is 35.6 Å². The molecule has 2 unspecified atom stereocenters. The number of alkyl halides is 3. The highest BCUT2D eigenvalue weighted by Crippen LogP contribution is 2.47. The summed E-state index contributed by atoms with van der Waals surface area (Å²) in [4.78, 5) is 17.8. The first-order valence-electron chi connectivity index (χ1n) is 13.4. The number of carbonyl (C=O) groups is 1. The fraction of sp³-hybridized carbons (Fsp3) is 0.414. The number of ether oxygens (including phenoxy) is 1. The number of rotatable bonds is 7. The average Bonchev–Trinajstić information content (AvgIpc) is 3.24. The van der Waals surface area contributed by atoms with E-state index in [1.165, 1.54) is 29.5 Å². The molecule has 208 valence electrons. The van der Waals surface area contributed by atoms with Gasteiger partial charge in [0.25, 0.3) is 0 Å². The van der Waals surface area contributed by atoms with Crippen LogP contribution in [0.3, 0.4) is 0 Å². The van der Waals surface area contributed by atoms with Gasteiger partial charge in [-0.05, 0) is 55.7 Å². The average molecular weight is 572 g/mol. The minimum Gasteiger partial charge on any atom is -0.373 e. The van der Waals surface area contributed by atoms with Gasteiger partial charge in [-0.1, -0.05) is 34.7 Å². The van der Waals surface area contributed by atoms with Crippen molar-refractivity contribution < 1.29 is 31.6 Å². The van der Waals surface area contributed by atoms with Crippen molar-refractivity contribution in [3.05, 3.63) is 64.7 Å². The summed E-state index contributed by atoms with van der Waals surface area (Å²) in [5.41, 5.74) is 0.674. The number of fused-ring (bicyclic) bond motifs is 2. The molecule has 7 rings (SSSR count). The van der Waals surface area contributed by atoms with Crippen LogP contribution in [0.25, 0.3) is 21.5 Å². The molecule has 6 nitrogen and oxygen atoms in total. The Hall–Kier alpha value is -3.31. The molecule has 0 N–H and O–H groups in total. The summed E-state index contributed by atoms with van der Waals surface area (Å²) >= 11 is 1.39. The fourth-order valence-electron chi connectivity index (χ4n) is 6.21. The third kappa shape index (κ3) is 4.58. The normalized spacial score (nSPS) is 22.8. The van der Waals surface area contributed by atoms with Crippen LogP contribution in [0.4, 0.5) is 22.7 Å². The third-order valence-electron chi connectivity index (χ3n) is 8.29. The van der Waals surface area contributed by atoms with E-state index in [1.807, 2.05) is 0 Å². The molecule has 1 aliphatic heterocycles. The molecule has 40 heavy (non-hydrogen) atoms. The van der Waals surface area contributed by atoms with Gasteiger partial charge in [-0.15, -0.1) is 0 Å². The SMILES string of the molecule is O=Cc1cc(F)c2nc(N3CC4CC(OCc5c(-c6ccccc6C(F)(F)F)noc5C5CC5)C[C@H]4C3)sc2c1. The summed E-state index contributed by atoms with van der Waals surface area (Å²) in [7, 11) is 0. The number of aldehydes is 1. The van der Waals surface area contributed by atoms with Gasteiger partial charge in [-0.3, -0.25) is 4.79 Å². The number of halogens is 4. The predicted octanol–water partition coefficient (Wildman–Crippen LogP) is 7.23. The maximum Gasteiger partial charge on any atom is 0.417 e. The van der Waals surface area contributed by atoms with E-state index in [1.54, 1.807) is 12.1 Å². The van der Waals surface area contributed by atoms with E-state index in [9.17, 15) is 22.4 Å². The zero-order valence-electron chi connectivity index (χ0n) is 21.3. The molecule has 2 saturated carbocycles. The number of hydrogen-bond acceptors (Lipinski definition) is 7. The molecule has 2 aromatic carbocycles. The number of nitrogens with zero attached hydrogens (tertiary/aromatic N) is 3. The minimum atomic E-state index is -4.51. The van der Waals surface area contributed by atoms with Crippen molar-refractivity contribution in [2.24, 2.45) is 11.8 Å². The zero-order chi connectivity index (χ0) is 27.6. The molecular weight excluding hydrogens is 546 g/mol. The monoisotopic (exact) mass is 571 g/mol. The number of anilines is 1. The van der Waals surface area contributed by atoms with Gasteiger partial charge in [0.2, 0.25) is 0 Å². The summed E-state index contributed by atoms with van der Waals surface area (Å²) in [6.07, 6.45) is -0.382. The molecule has 0 bridgehead atoms. The second kappa shape index (κ2) is 9.66. The van der Waals surface area contributed by atoms with Crippen LogP contribution in [0.5, 0.6) is 0 Å². The van der Waals surface area contributed by atoms with Gasteiger partial charge in [-0.2, -0.15) is 13.2 Å². The van der Waals surface area contributed by atoms with Gasteiger partial charge in [-0.25, -0.2) is 9.37 Å². The van der Waals surface area contributed by atoms with Gasteiger partial charge in [0.1, 0.15) is 23.3 Å². The van der Waals surface area contributed by atoms with Crippen molar-refractivity contribution in [3.8, 4) is 11.3 Å². The highest BCUT2D eigenvalue weighted by Gasteiger charge is 2.43. The van der Waals surface area contributed by atoms with Crippen LogP contribution in [0.15, 0.2) is 40.9 Å². The van der Waals surface area contributed by atoms with Gasteiger partial charge in [0.05, 0.1) is 23.0 Å². The van der Waals surface area contributed by atoms with Crippen LogP contribution >= 0.6 is 11.3 Å². The lowest BCUT2D eigenvalue weighted by Gasteiger charge is -2.19. The molecule has 0 amide bonds. The number of hydrogen-bond donors (Lipinski definition) is 0. The Morgan fingerprint density at radius 1 is 1.12 bits per heavy atom. The Kier molecular flexibility index (Phi) is 6.19. The molecule has 1 saturated heterocycles. The zero-order valence-corrected chi connectivity index (χ0v) is 22.1. The summed E-state index contributed by atoms with van der Waals surface area (Å²) in [5, 5.41) is 4.83. The molecule has 3 heterocycles. The minimum absolute atomic E-state index is 0.00992. The van der Waals surface area contributed by atoms with Crippen LogP contribution in [0.1, 0.15) is 58.8 Å². The van der Waals surface area contributed by atoms with Crippen LogP contribution in [0.2, 0.25) is 0 Å². The molecule has 0 radical (unpaired) electrons. The van der Waals surface area contributed by atoms with E-state index in [0.717, 1.165) is 50.0 Å². The molecule has 2 aromatic heterocycles. The smallest absolute Gasteiger partial charge is 0.373 e. The predicted molar refractivity (Wildman–Crippen MR) is 141 cm³/mol. The first kappa shape index (κ1) is 25.6. The standard InChI is InChI=1S/C29H25F4N3O3S/c30-23-7-15(13-37)8-24-26(23)34-28(40-24)36-11-17-9-19(10-18(17)12-36)38-14-21-25(35-39-27(21)16-5-6-16)20-3-1-2-4-22(20)29(31,32)33/h1-4,7-8,13,16-19H,5-6,9-12,14H2/t17-,18?,19?/m0/s1. The summed E-state index contributed by atoms with van der Waals surface area (Å²) < 4.78 is 68.2. The van der Waals surface area contributed by atoms with Gasteiger partial charge in [0, 0.05) is 35.7 Å². The lowest BCUT2D eigenvalue weighted by molar-refractivity contribution is -0.137. The summed E-state index contributed by atoms with van der Waals surface area (Å²) in [5.74, 6) is 1.07. The van der Waals surface area contributed by atoms with E-state index >= 15 is 0 Å².